The summed E-state index contributed by atoms with van der Waals surface area (Å²) < 4.78 is 0. The quantitative estimate of drug-likeness (QED) is 0.889. The van der Waals surface area contributed by atoms with Gasteiger partial charge in [-0.2, -0.15) is 11.8 Å². The van der Waals surface area contributed by atoms with Crippen LogP contribution in [0.2, 0.25) is 0 Å². The molecule has 1 heterocycles. The van der Waals surface area contributed by atoms with Crippen LogP contribution < -0.4 is 10.6 Å². The third-order valence-corrected chi connectivity index (χ3v) is 4.57. The Bertz CT molecular complexity index is 442. The average molecular weight is 278 g/mol. The molecule has 2 rings (SSSR count). The van der Waals surface area contributed by atoms with E-state index >= 15 is 0 Å². The lowest BCUT2D eigenvalue weighted by atomic mass is 10.1. The molecule has 1 fully saturated rings. The minimum atomic E-state index is 0.0543. The molecular weight excluding hydrogens is 256 g/mol. The molecule has 1 saturated heterocycles. The molecule has 0 aromatic heterocycles. The predicted molar refractivity (Wildman–Crippen MR) is 83.2 cm³/mol. The fraction of sp³-hybridized carbons (Fsp3) is 0.533. The van der Waals surface area contributed by atoms with E-state index in [9.17, 15) is 4.79 Å². The van der Waals surface area contributed by atoms with Crippen molar-refractivity contribution in [1.29, 1.82) is 0 Å². The van der Waals surface area contributed by atoms with Gasteiger partial charge in [0.1, 0.15) is 0 Å². The second-order valence-electron chi connectivity index (χ2n) is 4.95. The number of thioether (sulfide) groups is 1. The maximum absolute atomic E-state index is 12.2. The normalized spacial score (nSPS) is 18.9. The van der Waals surface area contributed by atoms with E-state index < -0.39 is 0 Å². The largest absolute Gasteiger partial charge is 0.385 e. The zero-order valence-corrected chi connectivity index (χ0v) is 12.5. The van der Waals surface area contributed by atoms with E-state index in [1.54, 1.807) is 0 Å². The third kappa shape index (κ3) is 3.90. The van der Waals surface area contributed by atoms with Gasteiger partial charge in [-0.05, 0) is 56.2 Å². The second-order valence-corrected chi connectivity index (χ2v) is 6.10. The monoisotopic (exact) mass is 278 g/mol. The van der Waals surface area contributed by atoms with Crippen LogP contribution >= 0.6 is 11.8 Å². The van der Waals surface area contributed by atoms with Crippen molar-refractivity contribution in [1.82, 2.24) is 5.32 Å². The van der Waals surface area contributed by atoms with Gasteiger partial charge in [-0.15, -0.1) is 0 Å². The summed E-state index contributed by atoms with van der Waals surface area (Å²) in [5.74, 6) is 2.32. The number of benzene rings is 1. The molecule has 1 unspecified atom stereocenters. The number of hydrogen-bond donors (Lipinski definition) is 2. The molecule has 2 N–H and O–H groups in total. The molecule has 19 heavy (non-hydrogen) atoms. The molecule has 1 aliphatic heterocycles. The standard InChI is InChI=1S/C15H22N2OS/c1-3-16-14-7-6-12(9-11(14)2)15(18)17-13-5-4-8-19-10-13/h6-7,9,13,16H,3-5,8,10H2,1-2H3,(H,17,18). The molecule has 0 bridgehead atoms. The molecule has 1 aromatic carbocycles. The van der Waals surface area contributed by atoms with Gasteiger partial charge in [0.2, 0.25) is 0 Å². The Hall–Kier alpha value is -1.16. The highest BCUT2D eigenvalue weighted by Gasteiger charge is 2.17. The van der Waals surface area contributed by atoms with E-state index in [-0.39, 0.29) is 5.91 Å². The molecule has 104 valence electrons. The Labute approximate surface area is 119 Å². The van der Waals surface area contributed by atoms with Gasteiger partial charge < -0.3 is 10.6 Å². The molecule has 4 heteroatoms. The van der Waals surface area contributed by atoms with Crippen LogP contribution in [-0.2, 0) is 0 Å². The highest BCUT2D eigenvalue weighted by Crippen LogP contribution is 2.19. The first-order chi connectivity index (χ1) is 9.20. The zero-order chi connectivity index (χ0) is 13.7. The Morgan fingerprint density at radius 2 is 2.32 bits per heavy atom. The maximum atomic E-state index is 12.2. The van der Waals surface area contributed by atoms with Crippen molar-refractivity contribution >= 4 is 23.4 Å². The lowest BCUT2D eigenvalue weighted by molar-refractivity contribution is 0.0938. The van der Waals surface area contributed by atoms with Crippen LogP contribution in [0.5, 0.6) is 0 Å². The number of nitrogens with one attached hydrogen (secondary N) is 2. The van der Waals surface area contributed by atoms with E-state index in [0.717, 1.165) is 35.5 Å². The number of rotatable bonds is 4. The maximum Gasteiger partial charge on any atom is 0.251 e. The van der Waals surface area contributed by atoms with Crippen molar-refractivity contribution in [2.24, 2.45) is 0 Å². The topological polar surface area (TPSA) is 41.1 Å². The van der Waals surface area contributed by atoms with Crippen LogP contribution in [0, 0.1) is 6.92 Å². The summed E-state index contributed by atoms with van der Waals surface area (Å²) in [5, 5.41) is 6.42. The fourth-order valence-electron chi connectivity index (χ4n) is 2.32. The highest BCUT2D eigenvalue weighted by atomic mass is 32.2. The lowest BCUT2D eigenvalue weighted by Gasteiger charge is -2.22. The Morgan fingerprint density at radius 3 is 2.95 bits per heavy atom. The number of carbonyl (C=O) groups excluding carboxylic acids is 1. The van der Waals surface area contributed by atoms with Gasteiger partial charge in [0.15, 0.2) is 0 Å². The molecule has 1 atom stereocenters. The van der Waals surface area contributed by atoms with Gasteiger partial charge in [0.05, 0.1) is 0 Å². The molecule has 0 radical (unpaired) electrons. The molecule has 1 aliphatic rings. The summed E-state index contributed by atoms with van der Waals surface area (Å²) >= 11 is 1.93. The Morgan fingerprint density at radius 1 is 1.47 bits per heavy atom. The van der Waals surface area contributed by atoms with Crippen molar-refractivity contribution in [3.8, 4) is 0 Å². The van der Waals surface area contributed by atoms with Gasteiger partial charge in [0.25, 0.3) is 5.91 Å². The average Bonchev–Trinajstić information content (AvgIpc) is 2.42. The summed E-state index contributed by atoms with van der Waals surface area (Å²) in [6, 6.07) is 6.18. The molecule has 1 aromatic rings. The van der Waals surface area contributed by atoms with Crippen molar-refractivity contribution in [2.75, 3.05) is 23.4 Å². The Kier molecular flexibility index (Phi) is 5.14. The van der Waals surface area contributed by atoms with Gasteiger partial charge in [-0.3, -0.25) is 4.79 Å². The van der Waals surface area contributed by atoms with Crippen LogP contribution in [-0.4, -0.2) is 30.0 Å². The van der Waals surface area contributed by atoms with E-state index in [2.05, 4.69) is 17.6 Å². The van der Waals surface area contributed by atoms with Gasteiger partial charge in [-0.25, -0.2) is 0 Å². The van der Waals surface area contributed by atoms with Gasteiger partial charge in [0, 0.05) is 29.6 Å². The van der Waals surface area contributed by atoms with E-state index in [4.69, 9.17) is 0 Å². The van der Waals surface area contributed by atoms with Crippen LogP contribution in [0.15, 0.2) is 18.2 Å². The molecule has 0 spiro atoms. The van der Waals surface area contributed by atoms with Crippen LogP contribution in [0.1, 0.15) is 35.7 Å². The van der Waals surface area contributed by atoms with Crippen molar-refractivity contribution in [3.63, 3.8) is 0 Å². The van der Waals surface area contributed by atoms with Crippen LogP contribution in [0.4, 0.5) is 5.69 Å². The first-order valence-electron chi connectivity index (χ1n) is 6.94. The lowest BCUT2D eigenvalue weighted by Crippen LogP contribution is -2.38. The van der Waals surface area contributed by atoms with E-state index in [1.807, 2.05) is 36.9 Å². The van der Waals surface area contributed by atoms with Crippen molar-refractivity contribution in [2.45, 2.75) is 32.7 Å². The summed E-state index contributed by atoms with van der Waals surface area (Å²) in [6.07, 6.45) is 2.31. The summed E-state index contributed by atoms with van der Waals surface area (Å²) in [5.41, 5.74) is 2.98. The Balaban J connectivity index is 2.00. The summed E-state index contributed by atoms with van der Waals surface area (Å²) in [6.45, 7) is 5.00. The van der Waals surface area contributed by atoms with Gasteiger partial charge in [-0.1, -0.05) is 0 Å². The number of carbonyl (C=O) groups is 1. The number of amides is 1. The van der Waals surface area contributed by atoms with Gasteiger partial charge >= 0.3 is 0 Å². The molecule has 1 amide bonds. The minimum Gasteiger partial charge on any atom is -0.385 e. The SMILES string of the molecule is CCNc1ccc(C(=O)NC2CCCSC2)cc1C. The number of hydrogen-bond acceptors (Lipinski definition) is 3. The summed E-state index contributed by atoms with van der Waals surface area (Å²) in [4.78, 5) is 12.2. The molecule has 0 saturated carbocycles. The first-order valence-corrected chi connectivity index (χ1v) is 8.09. The number of anilines is 1. The fourth-order valence-corrected chi connectivity index (χ4v) is 3.39. The second kappa shape index (κ2) is 6.85. The van der Waals surface area contributed by atoms with Crippen LogP contribution in [0.3, 0.4) is 0 Å². The minimum absolute atomic E-state index is 0.0543. The first kappa shape index (κ1) is 14.3. The molecule has 3 nitrogen and oxygen atoms in total. The molecular formula is C15H22N2OS. The molecule has 0 aliphatic carbocycles. The van der Waals surface area contributed by atoms with E-state index in [1.165, 1.54) is 12.2 Å². The van der Waals surface area contributed by atoms with Crippen molar-refractivity contribution < 1.29 is 4.79 Å². The predicted octanol–water partition coefficient (Wildman–Crippen LogP) is 3.05. The third-order valence-electron chi connectivity index (χ3n) is 3.35. The van der Waals surface area contributed by atoms with Crippen molar-refractivity contribution in [3.05, 3.63) is 29.3 Å². The smallest absolute Gasteiger partial charge is 0.251 e. The highest BCUT2D eigenvalue weighted by molar-refractivity contribution is 7.99. The number of aryl methyl sites for hydroxylation is 1. The summed E-state index contributed by atoms with van der Waals surface area (Å²) in [7, 11) is 0. The van der Waals surface area contributed by atoms with E-state index in [0.29, 0.717) is 6.04 Å². The zero-order valence-electron chi connectivity index (χ0n) is 11.7. The van der Waals surface area contributed by atoms with Crippen LogP contribution in [0.25, 0.3) is 0 Å².